The van der Waals surface area contributed by atoms with E-state index in [0.717, 1.165) is 17.0 Å². The minimum Gasteiger partial charge on any atom is -0.497 e. The Morgan fingerprint density at radius 3 is 2.45 bits per heavy atom. The number of para-hydroxylation sites is 1. The topological polar surface area (TPSA) is 57.3 Å². The van der Waals surface area contributed by atoms with Gasteiger partial charge in [-0.15, -0.1) is 0 Å². The van der Waals surface area contributed by atoms with Crippen LogP contribution in [0.3, 0.4) is 0 Å². The molecule has 0 saturated carbocycles. The third kappa shape index (κ3) is 4.04. The van der Waals surface area contributed by atoms with Crippen molar-refractivity contribution in [2.75, 3.05) is 7.11 Å². The molecule has 0 aliphatic heterocycles. The smallest absolute Gasteiger partial charge is 0.185 e. The summed E-state index contributed by atoms with van der Waals surface area (Å²) in [7, 11) is 1.60. The van der Waals surface area contributed by atoms with Crippen LogP contribution < -0.4 is 4.74 Å². The van der Waals surface area contributed by atoms with Gasteiger partial charge >= 0.3 is 0 Å². The number of rotatable bonds is 6. The van der Waals surface area contributed by atoms with E-state index in [1.807, 2.05) is 55.6 Å². The van der Waals surface area contributed by atoms with Gasteiger partial charge in [-0.25, -0.2) is 4.68 Å². The standard InChI is InChI=1S/C24H20N2O3/c1-17-8-15-23(29-17)24-19(16-26(25-24)20-6-4-3-5-7-20)11-14-22(27)18-9-12-21(28-2)13-10-18/h3-16H,1-2H3. The minimum atomic E-state index is -0.0957. The van der Waals surface area contributed by atoms with E-state index in [2.05, 4.69) is 5.10 Å². The van der Waals surface area contributed by atoms with Crippen LogP contribution in [-0.4, -0.2) is 22.7 Å². The Hall–Kier alpha value is -3.86. The molecule has 29 heavy (non-hydrogen) atoms. The van der Waals surface area contributed by atoms with Crippen LogP contribution in [0.2, 0.25) is 0 Å². The lowest BCUT2D eigenvalue weighted by Gasteiger charge is -2.00. The number of hydrogen-bond acceptors (Lipinski definition) is 4. The first-order valence-corrected chi connectivity index (χ1v) is 9.22. The van der Waals surface area contributed by atoms with Gasteiger partial charge in [0.05, 0.1) is 12.8 Å². The molecule has 5 heteroatoms. The minimum absolute atomic E-state index is 0.0957. The maximum Gasteiger partial charge on any atom is 0.185 e. The van der Waals surface area contributed by atoms with Gasteiger partial charge in [0.1, 0.15) is 17.2 Å². The second-order valence-electron chi connectivity index (χ2n) is 6.55. The molecule has 144 valence electrons. The fraction of sp³-hybridized carbons (Fsp3) is 0.0833. The van der Waals surface area contributed by atoms with Crippen molar-refractivity contribution < 1.29 is 13.9 Å². The van der Waals surface area contributed by atoms with Crippen molar-refractivity contribution >= 4 is 11.9 Å². The molecule has 0 aliphatic rings. The SMILES string of the molecule is COc1ccc(C(=O)C=Cc2cn(-c3ccccc3)nc2-c2ccc(C)o2)cc1. The zero-order chi connectivity index (χ0) is 20.2. The zero-order valence-electron chi connectivity index (χ0n) is 16.2. The number of aryl methyl sites for hydroxylation is 1. The van der Waals surface area contributed by atoms with Crippen molar-refractivity contribution in [3.8, 4) is 22.9 Å². The van der Waals surface area contributed by atoms with Crippen LogP contribution >= 0.6 is 0 Å². The largest absolute Gasteiger partial charge is 0.497 e. The molecule has 0 spiro atoms. The van der Waals surface area contributed by atoms with E-state index in [4.69, 9.17) is 9.15 Å². The highest BCUT2D eigenvalue weighted by Crippen LogP contribution is 2.27. The molecule has 0 aliphatic carbocycles. The lowest BCUT2D eigenvalue weighted by molar-refractivity contribution is 0.104. The number of carbonyl (C=O) groups is 1. The molecule has 0 amide bonds. The lowest BCUT2D eigenvalue weighted by atomic mass is 10.1. The quantitative estimate of drug-likeness (QED) is 0.332. The fourth-order valence-corrected chi connectivity index (χ4v) is 2.99. The number of ether oxygens (including phenoxy) is 1. The predicted octanol–water partition coefficient (Wildman–Crippen LogP) is 5.35. The number of benzene rings is 2. The number of furan rings is 1. The summed E-state index contributed by atoms with van der Waals surface area (Å²) < 4.78 is 12.7. The van der Waals surface area contributed by atoms with E-state index in [1.54, 1.807) is 48.2 Å². The van der Waals surface area contributed by atoms with Crippen LogP contribution in [0.5, 0.6) is 5.75 Å². The van der Waals surface area contributed by atoms with Gasteiger partial charge in [0.25, 0.3) is 0 Å². The van der Waals surface area contributed by atoms with Gasteiger partial charge in [0.2, 0.25) is 0 Å². The molecule has 0 fully saturated rings. The Morgan fingerprint density at radius 1 is 1.03 bits per heavy atom. The van der Waals surface area contributed by atoms with E-state index in [9.17, 15) is 4.79 Å². The third-order valence-electron chi connectivity index (χ3n) is 4.53. The highest BCUT2D eigenvalue weighted by molar-refractivity contribution is 6.07. The monoisotopic (exact) mass is 384 g/mol. The van der Waals surface area contributed by atoms with Crippen molar-refractivity contribution in [3.05, 3.63) is 95.9 Å². The average molecular weight is 384 g/mol. The number of allylic oxidation sites excluding steroid dienone is 1. The van der Waals surface area contributed by atoms with Crippen molar-refractivity contribution in [2.24, 2.45) is 0 Å². The number of carbonyl (C=O) groups excluding carboxylic acids is 1. The number of nitrogens with zero attached hydrogens (tertiary/aromatic N) is 2. The summed E-state index contributed by atoms with van der Waals surface area (Å²) in [6, 6.07) is 20.6. The number of aromatic nitrogens is 2. The Labute approximate surface area is 168 Å². The second-order valence-corrected chi connectivity index (χ2v) is 6.55. The molecule has 0 radical (unpaired) electrons. The first-order chi connectivity index (χ1) is 14.1. The number of ketones is 1. The molecular weight excluding hydrogens is 364 g/mol. The number of hydrogen-bond donors (Lipinski definition) is 0. The normalized spacial score (nSPS) is 11.1. The number of methoxy groups -OCH3 is 1. The molecule has 0 bridgehead atoms. The molecule has 0 N–H and O–H groups in total. The van der Waals surface area contributed by atoms with Crippen molar-refractivity contribution in [2.45, 2.75) is 6.92 Å². The first-order valence-electron chi connectivity index (χ1n) is 9.22. The van der Waals surface area contributed by atoms with E-state index in [1.165, 1.54) is 0 Å². The van der Waals surface area contributed by atoms with Crippen molar-refractivity contribution in [1.82, 2.24) is 9.78 Å². The predicted molar refractivity (Wildman–Crippen MR) is 112 cm³/mol. The molecule has 2 aromatic heterocycles. The van der Waals surface area contributed by atoms with Gasteiger partial charge < -0.3 is 9.15 Å². The van der Waals surface area contributed by atoms with E-state index >= 15 is 0 Å². The van der Waals surface area contributed by atoms with Gasteiger partial charge in [0, 0.05) is 17.3 Å². The lowest BCUT2D eigenvalue weighted by Crippen LogP contribution is -1.94. The highest BCUT2D eigenvalue weighted by atomic mass is 16.5. The molecule has 2 aromatic carbocycles. The third-order valence-corrected chi connectivity index (χ3v) is 4.53. The molecule has 0 atom stereocenters. The summed E-state index contributed by atoms with van der Waals surface area (Å²) in [6.45, 7) is 1.89. The highest BCUT2D eigenvalue weighted by Gasteiger charge is 2.14. The summed E-state index contributed by atoms with van der Waals surface area (Å²) in [6.07, 6.45) is 5.21. The van der Waals surface area contributed by atoms with Gasteiger partial charge in [0.15, 0.2) is 11.5 Å². The molecule has 0 saturated heterocycles. The Bertz CT molecular complexity index is 1150. The first kappa shape index (κ1) is 18.5. The van der Waals surface area contributed by atoms with E-state index in [-0.39, 0.29) is 5.78 Å². The van der Waals surface area contributed by atoms with E-state index < -0.39 is 0 Å². The molecule has 2 heterocycles. The summed E-state index contributed by atoms with van der Waals surface area (Å²) in [5.41, 5.74) is 3.00. The van der Waals surface area contributed by atoms with Crippen LogP contribution in [0, 0.1) is 6.92 Å². The summed E-state index contributed by atoms with van der Waals surface area (Å²) in [5.74, 6) is 2.08. The van der Waals surface area contributed by atoms with Crippen LogP contribution in [0.1, 0.15) is 21.7 Å². The maximum atomic E-state index is 12.6. The maximum absolute atomic E-state index is 12.6. The Kier molecular flexibility index (Phi) is 5.12. The molecule has 4 aromatic rings. The molecule has 0 unspecified atom stereocenters. The summed E-state index contributed by atoms with van der Waals surface area (Å²) in [4.78, 5) is 12.6. The van der Waals surface area contributed by atoms with Crippen LogP contribution in [0.15, 0.2) is 83.4 Å². The molecule has 4 rings (SSSR count). The van der Waals surface area contributed by atoms with Crippen molar-refractivity contribution in [3.63, 3.8) is 0 Å². The molecular formula is C24H20N2O3. The fourth-order valence-electron chi connectivity index (χ4n) is 2.99. The second kappa shape index (κ2) is 8.02. The molecule has 5 nitrogen and oxygen atoms in total. The summed E-state index contributed by atoms with van der Waals surface area (Å²) >= 11 is 0. The summed E-state index contributed by atoms with van der Waals surface area (Å²) in [5, 5.41) is 4.68. The van der Waals surface area contributed by atoms with Crippen molar-refractivity contribution in [1.29, 1.82) is 0 Å². The van der Waals surface area contributed by atoms with Gasteiger partial charge in [-0.3, -0.25) is 4.79 Å². The van der Waals surface area contributed by atoms with Crippen LogP contribution in [0.25, 0.3) is 23.2 Å². The van der Waals surface area contributed by atoms with Gasteiger partial charge in [-0.1, -0.05) is 18.2 Å². The van der Waals surface area contributed by atoms with E-state index in [0.29, 0.717) is 22.8 Å². The Balaban J connectivity index is 1.68. The van der Waals surface area contributed by atoms with Gasteiger partial charge in [-0.2, -0.15) is 5.10 Å². The Morgan fingerprint density at radius 2 is 1.79 bits per heavy atom. The van der Waals surface area contributed by atoms with Crippen LogP contribution in [0.4, 0.5) is 0 Å². The zero-order valence-corrected chi connectivity index (χ0v) is 16.2. The average Bonchev–Trinajstić information content (AvgIpc) is 3.39. The van der Waals surface area contributed by atoms with Gasteiger partial charge in [-0.05, 0) is 67.6 Å². The van der Waals surface area contributed by atoms with Crippen LogP contribution in [-0.2, 0) is 0 Å².